The number of nitrogens with zero attached hydrogens (tertiary/aromatic N) is 2. The summed E-state index contributed by atoms with van der Waals surface area (Å²) in [5.74, 6) is -0.457. The van der Waals surface area contributed by atoms with Gasteiger partial charge in [0, 0.05) is 44.1 Å². The van der Waals surface area contributed by atoms with E-state index in [1.54, 1.807) is 49.3 Å². The topological polar surface area (TPSA) is 96.0 Å². The second kappa shape index (κ2) is 14.6. The van der Waals surface area contributed by atoms with Crippen molar-refractivity contribution >= 4 is 72.5 Å². The minimum Gasteiger partial charge on any atom is -0.410 e. The van der Waals surface area contributed by atoms with Gasteiger partial charge >= 0.3 is 6.09 Å². The molecule has 3 amide bonds. The van der Waals surface area contributed by atoms with Gasteiger partial charge in [-0.1, -0.05) is 41.4 Å². The number of rotatable bonds is 9. The minimum absolute atomic E-state index is 0.185. The van der Waals surface area contributed by atoms with Crippen molar-refractivity contribution in [3.63, 3.8) is 0 Å². The Hall–Kier alpha value is -2.95. The second-order valence-corrected chi connectivity index (χ2v) is 11.1. The fraction of sp³-hybridized carbons (Fsp3) is 0.357. The summed E-state index contributed by atoms with van der Waals surface area (Å²) < 4.78 is 5.19. The molecule has 1 N–H and O–H groups in total. The summed E-state index contributed by atoms with van der Waals surface area (Å²) in [5, 5.41) is 3.60. The summed E-state index contributed by atoms with van der Waals surface area (Å²) in [7, 11) is 8.72. The molecule has 2 aromatic rings. The Labute approximate surface area is 249 Å². The van der Waals surface area contributed by atoms with Crippen molar-refractivity contribution in [2.24, 2.45) is 5.92 Å². The van der Waals surface area contributed by atoms with Crippen LogP contribution in [0.3, 0.4) is 0 Å². The van der Waals surface area contributed by atoms with Crippen LogP contribution in [0.1, 0.15) is 24.0 Å². The number of carbonyl (C=O) groups is 4. The maximum Gasteiger partial charge on any atom is 0.414 e. The largest absolute Gasteiger partial charge is 0.414 e. The molecule has 1 fully saturated rings. The highest BCUT2D eigenvalue weighted by Crippen LogP contribution is 2.35. The third kappa shape index (κ3) is 8.53. The van der Waals surface area contributed by atoms with E-state index in [0.29, 0.717) is 47.3 Å². The molecule has 8 nitrogen and oxygen atoms in total. The Bertz CT molecular complexity index is 1280. The number of likely N-dealkylation sites (tertiary alicyclic amines) is 1. The molecule has 1 aliphatic rings. The Balaban J connectivity index is 1.52. The van der Waals surface area contributed by atoms with Crippen LogP contribution in [0.4, 0.5) is 4.79 Å². The van der Waals surface area contributed by atoms with Gasteiger partial charge in [0.1, 0.15) is 5.75 Å². The van der Waals surface area contributed by atoms with E-state index in [4.69, 9.17) is 35.8 Å². The van der Waals surface area contributed by atoms with Crippen molar-refractivity contribution in [3.05, 3.63) is 63.6 Å². The van der Waals surface area contributed by atoms with Gasteiger partial charge in [0.2, 0.25) is 11.8 Å². The molecular formula is C28H30BCl2N3O5S. The van der Waals surface area contributed by atoms with Crippen LogP contribution in [0.15, 0.2) is 47.4 Å². The molecular weight excluding hydrogens is 572 g/mol. The lowest BCUT2D eigenvalue weighted by Gasteiger charge is -2.31. The molecule has 0 bridgehead atoms. The Kier molecular flexibility index (Phi) is 11.5. The van der Waals surface area contributed by atoms with E-state index in [1.807, 2.05) is 18.4 Å². The second-order valence-electron chi connectivity index (χ2n) is 9.49. The van der Waals surface area contributed by atoms with Crippen molar-refractivity contribution in [2.75, 3.05) is 33.4 Å². The van der Waals surface area contributed by atoms with E-state index in [0.717, 1.165) is 10.5 Å². The average Bonchev–Trinajstić information content (AvgIpc) is 2.94. The number of nitrogens with one attached hydrogen (secondary N) is 1. The first kappa shape index (κ1) is 31.6. The Morgan fingerprint density at radius 2 is 1.75 bits per heavy atom. The van der Waals surface area contributed by atoms with Crippen LogP contribution in [0.25, 0.3) is 6.08 Å². The maximum atomic E-state index is 12.9. The van der Waals surface area contributed by atoms with Crippen LogP contribution in [0, 0.1) is 5.92 Å². The minimum atomic E-state index is -0.903. The van der Waals surface area contributed by atoms with E-state index in [-0.39, 0.29) is 24.2 Å². The lowest BCUT2D eigenvalue weighted by atomic mass is 9.89. The van der Waals surface area contributed by atoms with Crippen LogP contribution in [0.2, 0.25) is 10.0 Å². The quantitative estimate of drug-likeness (QED) is 0.259. The normalized spacial score (nSPS) is 14.6. The summed E-state index contributed by atoms with van der Waals surface area (Å²) in [4.78, 5) is 53.2. The molecule has 2 radical (unpaired) electrons. The zero-order valence-electron chi connectivity index (χ0n) is 22.5. The predicted molar refractivity (Wildman–Crippen MR) is 159 cm³/mol. The zero-order valence-corrected chi connectivity index (χ0v) is 24.8. The van der Waals surface area contributed by atoms with Gasteiger partial charge in [0.15, 0.2) is 7.85 Å². The molecule has 12 heteroatoms. The number of hydrogen-bond donors (Lipinski definition) is 1. The predicted octanol–water partition coefficient (Wildman–Crippen LogP) is 4.45. The van der Waals surface area contributed by atoms with Crippen LogP contribution in [-0.2, 0) is 20.8 Å². The molecule has 0 aromatic heterocycles. The fourth-order valence-corrected chi connectivity index (χ4v) is 5.27. The highest BCUT2D eigenvalue weighted by Gasteiger charge is 2.29. The lowest BCUT2D eigenvalue weighted by molar-refractivity contribution is -0.133. The van der Waals surface area contributed by atoms with E-state index in [2.05, 4.69) is 5.32 Å². The molecule has 0 unspecified atom stereocenters. The third-order valence-electron chi connectivity index (χ3n) is 6.47. The highest BCUT2D eigenvalue weighted by atomic mass is 35.5. The molecule has 0 saturated carbocycles. The van der Waals surface area contributed by atoms with Crippen molar-refractivity contribution in [3.8, 4) is 5.75 Å². The number of ether oxygens (including phenoxy) is 1. The van der Waals surface area contributed by atoms with E-state index >= 15 is 0 Å². The number of amides is 3. The molecule has 0 aliphatic carbocycles. The van der Waals surface area contributed by atoms with Crippen LogP contribution in [0.5, 0.6) is 5.75 Å². The molecule has 210 valence electrons. The molecule has 3 rings (SSSR count). The van der Waals surface area contributed by atoms with E-state index in [9.17, 15) is 19.2 Å². The monoisotopic (exact) mass is 601 g/mol. The Morgan fingerprint density at radius 1 is 1.10 bits per heavy atom. The summed E-state index contributed by atoms with van der Waals surface area (Å²) in [6.45, 7) is 0.797. The van der Waals surface area contributed by atoms with Crippen LogP contribution in [-0.4, -0.2) is 80.7 Å². The average molecular weight is 602 g/mol. The van der Waals surface area contributed by atoms with Gasteiger partial charge < -0.3 is 24.6 Å². The number of halogens is 2. The molecule has 0 spiro atoms. The van der Waals surface area contributed by atoms with Gasteiger partial charge in [0.05, 0.1) is 21.8 Å². The summed E-state index contributed by atoms with van der Waals surface area (Å²) in [6.07, 6.45) is 5.59. The number of piperidine rings is 1. The number of carbonyl (C=O) groups excluding carboxylic acids is 4. The smallest absolute Gasteiger partial charge is 0.410 e. The number of hydrogen-bond acceptors (Lipinski definition) is 6. The standard InChI is InChI=1S/C28H30BCl2N3O5S/c1-33(2)28(38)39-20-8-4-17(5-9-20)16-21(26(29)36)32-27(37)19-12-14-34(15-13-19)23(35)11-7-18-6-10-22(40-3)25(31)24(18)30/h4-11,19,21H,12-16H2,1-3H3,(H,32,37)/b11-7+/t21-/m0/s1. The summed E-state index contributed by atoms with van der Waals surface area (Å²) in [5.41, 5.74) is 0.734. The summed E-state index contributed by atoms with van der Waals surface area (Å²) in [6, 6.07) is 9.39. The summed E-state index contributed by atoms with van der Waals surface area (Å²) >= 11 is 14.1. The van der Waals surface area contributed by atoms with Gasteiger partial charge in [0.25, 0.3) is 0 Å². The molecule has 1 aliphatic heterocycles. The highest BCUT2D eigenvalue weighted by molar-refractivity contribution is 7.98. The first-order valence-corrected chi connectivity index (χ1v) is 14.5. The molecule has 1 heterocycles. The zero-order chi connectivity index (χ0) is 29.4. The molecule has 1 saturated heterocycles. The van der Waals surface area contributed by atoms with Gasteiger partial charge in [-0.25, -0.2) is 4.79 Å². The molecule has 40 heavy (non-hydrogen) atoms. The first-order chi connectivity index (χ1) is 19.0. The first-order valence-electron chi connectivity index (χ1n) is 12.6. The van der Waals surface area contributed by atoms with E-state index in [1.165, 1.54) is 22.7 Å². The lowest BCUT2D eigenvalue weighted by Crippen LogP contribution is -2.48. The fourth-order valence-electron chi connectivity index (χ4n) is 4.10. The van der Waals surface area contributed by atoms with Crippen LogP contribution >= 0.6 is 35.0 Å². The Morgan fingerprint density at radius 3 is 2.33 bits per heavy atom. The molecule has 1 atom stereocenters. The van der Waals surface area contributed by atoms with Crippen molar-refractivity contribution in [2.45, 2.75) is 30.2 Å². The van der Waals surface area contributed by atoms with Crippen LogP contribution < -0.4 is 10.1 Å². The SMILES string of the molecule is [B]C(=O)[C@H](Cc1ccc(OC(=O)N(C)C)cc1)NC(=O)C1CCN(C(=O)/C=C/c2ccc(SC)c(Cl)c2Cl)CC1. The van der Waals surface area contributed by atoms with Crippen molar-refractivity contribution in [1.29, 1.82) is 0 Å². The van der Waals surface area contributed by atoms with Crippen molar-refractivity contribution in [1.82, 2.24) is 15.1 Å². The third-order valence-corrected chi connectivity index (χ3v) is 8.26. The van der Waals surface area contributed by atoms with Gasteiger partial charge in [-0.2, -0.15) is 0 Å². The van der Waals surface area contributed by atoms with Gasteiger partial charge in [-0.05, 0) is 60.9 Å². The van der Waals surface area contributed by atoms with Crippen molar-refractivity contribution < 1.29 is 23.9 Å². The van der Waals surface area contributed by atoms with Gasteiger partial charge in [-0.3, -0.25) is 9.59 Å². The maximum absolute atomic E-state index is 12.9. The number of thioether (sulfide) groups is 1. The van der Waals surface area contributed by atoms with Gasteiger partial charge in [-0.15, -0.1) is 11.8 Å². The number of benzene rings is 2. The van der Waals surface area contributed by atoms with E-state index < -0.39 is 17.8 Å². The molecule has 2 aromatic carbocycles.